The predicted octanol–water partition coefficient (Wildman–Crippen LogP) is 3.95. The van der Waals surface area contributed by atoms with Gasteiger partial charge < -0.3 is 4.74 Å². The maximum Gasteiger partial charge on any atom is 0.453 e. The van der Waals surface area contributed by atoms with Crippen LogP contribution in [0.5, 0.6) is 11.6 Å². The van der Waals surface area contributed by atoms with Gasteiger partial charge in [0.2, 0.25) is 5.88 Å². The van der Waals surface area contributed by atoms with E-state index in [0.29, 0.717) is 4.52 Å². The van der Waals surface area contributed by atoms with Crippen LogP contribution in [0.3, 0.4) is 0 Å². The molecule has 3 aromatic rings. The molecule has 24 heavy (non-hydrogen) atoms. The third kappa shape index (κ3) is 2.96. The first-order valence-electron chi connectivity index (χ1n) is 6.30. The smallest absolute Gasteiger partial charge is 0.437 e. The molecule has 2 heterocycles. The molecule has 0 aliphatic heterocycles. The Morgan fingerprint density at radius 1 is 0.833 bits per heavy atom. The number of rotatable bonds is 2. The highest BCUT2D eigenvalue weighted by Crippen LogP contribution is 2.37. The Kier molecular flexibility index (Phi) is 3.57. The number of aromatic nitrogens is 4. The Morgan fingerprint density at radius 2 is 1.54 bits per heavy atom. The lowest BCUT2D eigenvalue weighted by Crippen LogP contribution is -2.13. The summed E-state index contributed by atoms with van der Waals surface area (Å²) in [6, 6.07) is 6.47. The second kappa shape index (κ2) is 5.35. The molecule has 2 aromatic heterocycles. The summed E-state index contributed by atoms with van der Waals surface area (Å²) in [5, 5.41) is 9.75. The second-order valence-electron chi connectivity index (χ2n) is 4.56. The average Bonchev–Trinajstić information content (AvgIpc) is 2.90. The summed E-state index contributed by atoms with van der Waals surface area (Å²) in [5.41, 5.74) is -1.30. The molecular weight excluding hydrogens is 342 g/mol. The molecule has 11 heteroatoms. The minimum atomic E-state index is -4.82. The normalized spacial score (nSPS) is 12.6. The lowest BCUT2D eigenvalue weighted by Gasteiger charge is -2.12. The molecule has 0 amide bonds. The Bertz CT molecular complexity index is 886. The molecule has 3 rings (SSSR count). The topological polar surface area (TPSA) is 52.3 Å². The highest BCUT2D eigenvalue weighted by Gasteiger charge is 2.38. The van der Waals surface area contributed by atoms with Crippen molar-refractivity contribution in [2.45, 2.75) is 12.4 Å². The van der Waals surface area contributed by atoms with Crippen molar-refractivity contribution in [3.05, 3.63) is 47.8 Å². The lowest BCUT2D eigenvalue weighted by molar-refractivity contribution is -0.146. The number of halogens is 6. The molecule has 126 valence electrons. The number of hydrogen-bond donors (Lipinski definition) is 0. The van der Waals surface area contributed by atoms with Crippen molar-refractivity contribution in [1.82, 2.24) is 19.8 Å². The highest BCUT2D eigenvalue weighted by atomic mass is 19.4. The van der Waals surface area contributed by atoms with Crippen molar-refractivity contribution < 1.29 is 31.1 Å². The van der Waals surface area contributed by atoms with Crippen molar-refractivity contribution in [2.75, 3.05) is 0 Å². The van der Waals surface area contributed by atoms with Gasteiger partial charge in [-0.25, -0.2) is 0 Å². The molecule has 1 aromatic carbocycles. The van der Waals surface area contributed by atoms with E-state index in [1.165, 1.54) is 6.07 Å². The third-order valence-corrected chi connectivity index (χ3v) is 2.90. The van der Waals surface area contributed by atoms with E-state index >= 15 is 0 Å². The summed E-state index contributed by atoms with van der Waals surface area (Å²) >= 11 is 0. The van der Waals surface area contributed by atoms with Gasteiger partial charge in [-0.3, -0.25) is 0 Å². The van der Waals surface area contributed by atoms with E-state index in [2.05, 4.69) is 15.3 Å². The maximum absolute atomic E-state index is 12.9. The van der Waals surface area contributed by atoms with Crippen molar-refractivity contribution >= 4 is 5.65 Å². The number of para-hydroxylation sites is 1. The van der Waals surface area contributed by atoms with E-state index in [1.54, 1.807) is 0 Å². The van der Waals surface area contributed by atoms with E-state index in [4.69, 9.17) is 4.74 Å². The number of benzene rings is 1. The lowest BCUT2D eigenvalue weighted by atomic mass is 10.2. The summed E-state index contributed by atoms with van der Waals surface area (Å²) in [6.07, 6.45) is -9.51. The van der Waals surface area contributed by atoms with Gasteiger partial charge in [0.25, 0.3) is 5.82 Å². The summed E-state index contributed by atoms with van der Waals surface area (Å²) in [6.45, 7) is 0. The molecule has 0 saturated carbocycles. The molecule has 0 fully saturated rings. The molecule has 0 bridgehead atoms. The Morgan fingerprint density at radius 3 is 2.21 bits per heavy atom. The van der Waals surface area contributed by atoms with E-state index in [1.807, 2.05) is 0 Å². The van der Waals surface area contributed by atoms with Crippen LogP contribution in [0.1, 0.15) is 11.4 Å². The fourth-order valence-corrected chi connectivity index (χ4v) is 1.91. The van der Waals surface area contributed by atoms with Crippen LogP contribution >= 0.6 is 0 Å². The van der Waals surface area contributed by atoms with Gasteiger partial charge in [-0.05, 0) is 18.2 Å². The molecule has 5 nitrogen and oxygen atoms in total. The van der Waals surface area contributed by atoms with Crippen LogP contribution in [-0.4, -0.2) is 19.8 Å². The summed E-state index contributed by atoms with van der Waals surface area (Å²) in [7, 11) is 0. The first-order chi connectivity index (χ1) is 11.2. The van der Waals surface area contributed by atoms with Gasteiger partial charge in [0.1, 0.15) is 5.75 Å². The fourth-order valence-electron chi connectivity index (χ4n) is 1.91. The molecule has 0 aliphatic carbocycles. The molecule has 0 radical (unpaired) electrons. The monoisotopic (exact) mass is 348 g/mol. The van der Waals surface area contributed by atoms with E-state index in [0.717, 1.165) is 30.3 Å². The Hall–Kier alpha value is -2.85. The number of ether oxygens (including phenoxy) is 1. The largest absolute Gasteiger partial charge is 0.453 e. The second-order valence-corrected chi connectivity index (χ2v) is 4.56. The van der Waals surface area contributed by atoms with E-state index < -0.39 is 35.4 Å². The molecule has 0 aliphatic rings. The third-order valence-electron chi connectivity index (χ3n) is 2.90. The number of hydrogen-bond acceptors (Lipinski definition) is 4. The van der Waals surface area contributed by atoms with Crippen LogP contribution in [-0.2, 0) is 12.4 Å². The summed E-state index contributed by atoms with van der Waals surface area (Å²) < 4.78 is 82.4. The SMILES string of the molecule is FC(F)(F)c1ccccc1Oc1ccc2nnc(C(F)(F)F)n2n1. The van der Waals surface area contributed by atoms with Crippen LogP contribution in [0.4, 0.5) is 26.3 Å². The quantitative estimate of drug-likeness (QED) is 0.658. The van der Waals surface area contributed by atoms with Crippen LogP contribution in [0, 0.1) is 0 Å². The van der Waals surface area contributed by atoms with Gasteiger partial charge in [-0.1, -0.05) is 12.1 Å². The van der Waals surface area contributed by atoms with Gasteiger partial charge in [-0.2, -0.15) is 30.9 Å². The van der Waals surface area contributed by atoms with Crippen molar-refractivity contribution in [3.8, 4) is 11.6 Å². The Balaban J connectivity index is 2.03. The van der Waals surface area contributed by atoms with E-state index in [9.17, 15) is 26.3 Å². The molecule has 0 unspecified atom stereocenters. The standard InChI is InChI=1S/C13H6F6N4O/c14-12(15,16)7-3-1-2-4-8(7)24-10-6-5-9-20-21-11(13(17,18)19)23(9)22-10/h1-6H. The molecular formula is C13H6F6N4O. The van der Waals surface area contributed by atoms with Crippen LogP contribution in [0.2, 0.25) is 0 Å². The van der Waals surface area contributed by atoms with Gasteiger partial charge in [0.05, 0.1) is 5.56 Å². The number of alkyl halides is 6. The van der Waals surface area contributed by atoms with Gasteiger partial charge in [0, 0.05) is 6.07 Å². The van der Waals surface area contributed by atoms with Gasteiger partial charge in [-0.15, -0.1) is 15.3 Å². The first kappa shape index (κ1) is 16.0. The van der Waals surface area contributed by atoms with Gasteiger partial charge >= 0.3 is 12.4 Å². The van der Waals surface area contributed by atoms with Crippen molar-refractivity contribution in [2.24, 2.45) is 0 Å². The zero-order valence-corrected chi connectivity index (χ0v) is 11.4. The van der Waals surface area contributed by atoms with Crippen LogP contribution in [0.25, 0.3) is 5.65 Å². The van der Waals surface area contributed by atoms with E-state index in [-0.39, 0.29) is 5.65 Å². The zero-order valence-electron chi connectivity index (χ0n) is 11.4. The number of fused-ring (bicyclic) bond motifs is 1. The molecule has 0 N–H and O–H groups in total. The maximum atomic E-state index is 12.9. The molecule has 0 saturated heterocycles. The van der Waals surface area contributed by atoms with Crippen LogP contribution < -0.4 is 4.74 Å². The average molecular weight is 348 g/mol. The fraction of sp³-hybridized carbons (Fsp3) is 0.154. The first-order valence-corrected chi connectivity index (χ1v) is 6.30. The predicted molar refractivity (Wildman–Crippen MR) is 67.3 cm³/mol. The minimum absolute atomic E-state index is 0.223. The summed E-state index contributed by atoms with van der Waals surface area (Å²) in [5.74, 6) is -2.46. The number of nitrogens with zero attached hydrogens (tertiary/aromatic N) is 4. The van der Waals surface area contributed by atoms with Gasteiger partial charge in [0.15, 0.2) is 5.65 Å². The molecule has 0 atom stereocenters. The zero-order chi connectivity index (χ0) is 17.5. The molecule has 0 spiro atoms. The summed E-state index contributed by atoms with van der Waals surface area (Å²) in [4.78, 5) is 0. The van der Waals surface area contributed by atoms with Crippen LogP contribution in [0.15, 0.2) is 36.4 Å². The minimum Gasteiger partial charge on any atom is -0.437 e. The van der Waals surface area contributed by atoms with Crippen molar-refractivity contribution in [1.29, 1.82) is 0 Å². The highest BCUT2D eigenvalue weighted by molar-refractivity contribution is 5.41. The Labute approximate surface area is 129 Å². The van der Waals surface area contributed by atoms with Crippen molar-refractivity contribution in [3.63, 3.8) is 0 Å².